The van der Waals surface area contributed by atoms with Gasteiger partial charge in [-0.1, -0.05) is 49.3 Å². The van der Waals surface area contributed by atoms with Gasteiger partial charge in [0.25, 0.3) is 0 Å². The van der Waals surface area contributed by atoms with Gasteiger partial charge >= 0.3 is 0 Å². The number of rotatable bonds is 9. The van der Waals surface area contributed by atoms with Crippen LogP contribution in [0, 0.1) is 0 Å². The van der Waals surface area contributed by atoms with E-state index in [9.17, 15) is 0 Å². The first-order chi connectivity index (χ1) is 13.1. The van der Waals surface area contributed by atoms with Gasteiger partial charge in [-0.25, -0.2) is 4.99 Å². The van der Waals surface area contributed by atoms with Gasteiger partial charge in [-0.15, -0.1) is 0 Å². The van der Waals surface area contributed by atoms with Crippen LogP contribution < -0.4 is 10.6 Å². The number of hydrogen-bond donors (Lipinski definition) is 2. The van der Waals surface area contributed by atoms with Crippen LogP contribution in [0.2, 0.25) is 0 Å². The molecule has 1 atom stereocenters. The number of aromatic nitrogens is 1. The Labute approximate surface area is 163 Å². The first-order valence-electron chi connectivity index (χ1n) is 9.80. The Kier molecular flexibility index (Phi) is 8.33. The summed E-state index contributed by atoms with van der Waals surface area (Å²) in [4.78, 5) is 6.99. The molecule has 148 valence electrons. The predicted octanol–water partition coefficient (Wildman–Crippen LogP) is 3.16. The molecule has 1 aromatic carbocycles. The lowest BCUT2D eigenvalue weighted by molar-refractivity contribution is 0.298. The Morgan fingerprint density at radius 1 is 1.11 bits per heavy atom. The summed E-state index contributed by atoms with van der Waals surface area (Å²) in [6, 6.07) is 10.8. The molecule has 0 amide bonds. The number of benzene rings is 1. The van der Waals surface area contributed by atoms with Crippen LogP contribution in [0.25, 0.3) is 0 Å². The molecule has 1 aromatic heterocycles. The van der Waals surface area contributed by atoms with Gasteiger partial charge < -0.3 is 20.1 Å². The Morgan fingerprint density at radius 2 is 1.85 bits per heavy atom. The van der Waals surface area contributed by atoms with Crippen molar-refractivity contribution in [3.05, 3.63) is 52.9 Å². The molecule has 0 aliphatic heterocycles. The third-order valence-corrected chi connectivity index (χ3v) is 4.62. The smallest absolute Gasteiger partial charge is 0.191 e. The lowest BCUT2D eigenvalue weighted by atomic mass is 10.1. The van der Waals surface area contributed by atoms with Gasteiger partial charge in [0.05, 0.1) is 18.3 Å². The quantitative estimate of drug-likeness (QED) is 0.524. The Hall–Kier alpha value is -2.34. The maximum Gasteiger partial charge on any atom is 0.191 e. The number of hydrogen-bond acceptors (Lipinski definition) is 4. The molecule has 2 rings (SSSR count). The van der Waals surface area contributed by atoms with Crippen molar-refractivity contribution in [2.45, 2.75) is 46.2 Å². The number of nitrogens with zero attached hydrogens (tertiary/aromatic N) is 3. The Morgan fingerprint density at radius 3 is 2.44 bits per heavy atom. The highest BCUT2D eigenvalue weighted by Crippen LogP contribution is 2.18. The van der Waals surface area contributed by atoms with Crippen molar-refractivity contribution in [1.29, 1.82) is 0 Å². The van der Waals surface area contributed by atoms with Crippen molar-refractivity contribution >= 4 is 5.96 Å². The minimum Gasteiger partial charge on any atom is -0.361 e. The van der Waals surface area contributed by atoms with Crippen LogP contribution >= 0.6 is 0 Å². The van der Waals surface area contributed by atoms with E-state index in [0.29, 0.717) is 6.54 Å². The molecule has 2 N–H and O–H groups in total. The normalized spacial score (nSPS) is 13.0. The van der Waals surface area contributed by atoms with Crippen LogP contribution in [0.3, 0.4) is 0 Å². The van der Waals surface area contributed by atoms with Crippen LogP contribution in [-0.4, -0.2) is 43.2 Å². The van der Waals surface area contributed by atoms with Crippen molar-refractivity contribution in [2.24, 2.45) is 4.99 Å². The molecule has 0 radical (unpaired) electrons. The SMILES string of the molecule is CCNC(=NCc1c(CC)noc1CC)NCC(c1ccccc1)N(C)C. The zero-order valence-corrected chi connectivity index (χ0v) is 17.2. The first kappa shape index (κ1) is 21.0. The molecular formula is C21H33N5O. The average molecular weight is 372 g/mol. The third kappa shape index (κ3) is 5.82. The number of guanidine groups is 1. The van der Waals surface area contributed by atoms with Crippen LogP contribution in [0.5, 0.6) is 0 Å². The van der Waals surface area contributed by atoms with E-state index >= 15 is 0 Å². The summed E-state index contributed by atoms with van der Waals surface area (Å²) in [7, 11) is 4.20. The van der Waals surface area contributed by atoms with E-state index < -0.39 is 0 Å². The van der Waals surface area contributed by atoms with E-state index in [1.165, 1.54) is 5.56 Å². The second-order valence-corrected chi connectivity index (χ2v) is 6.70. The molecule has 0 spiro atoms. The van der Waals surface area contributed by atoms with Crippen molar-refractivity contribution in [3.63, 3.8) is 0 Å². The monoisotopic (exact) mass is 371 g/mol. The number of aliphatic imine (C=N–C) groups is 1. The summed E-state index contributed by atoms with van der Waals surface area (Å²) >= 11 is 0. The molecule has 1 heterocycles. The van der Waals surface area contributed by atoms with Crippen molar-refractivity contribution in [3.8, 4) is 0 Å². The highest BCUT2D eigenvalue weighted by molar-refractivity contribution is 5.79. The molecule has 6 heteroatoms. The van der Waals surface area contributed by atoms with E-state index in [1.54, 1.807) is 0 Å². The first-order valence-corrected chi connectivity index (χ1v) is 9.80. The summed E-state index contributed by atoms with van der Waals surface area (Å²) < 4.78 is 5.45. The molecule has 0 saturated heterocycles. The molecule has 0 bridgehead atoms. The molecule has 2 aromatic rings. The van der Waals surface area contributed by atoms with Crippen molar-refractivity contribution < 1.29 is 4.52 Å². The third-order valence-electron chi connectivity index (χ3n) is 4.62. The molecule has 0 aliphatic carbocycles. The predicted molar refractivity (Wildman–Crippen MR) is 111 cm³/mol. The topological polar surface area (TPSA) is 65.7 Å². The molecule has 0 aliphatic rings. The van der Waals surface area contributed by atoms with Gasteiger partial charge in [-0.3, -0.25) is 0 Å². The fourth-order valence-electron chi connectivity index (χ4n) is 3.08. The van der Waals surface area contributed by atoms with Crippen LogP contribution in [-0.2, 0) is 19.4 Å². The van der Waals surface area contributed by atoms with E-state index in [4.69, 9.17) is 9.52 Å². The van der Waals surface area contributed by atoms with Crippen LogP contribution in [0.15, 0.2) is 39.8 Å². The van der Waals surface area contributed by atoms with E-state index in [1.807, 2.05) is 6.07 Å². The average Bonchev–Trinajstić information content (AvgIpc) is 3.08. The highest BCUT2D eigenvalue weighted by Gasteiger charge is 2.15. The van der Waals surface area contributed by atoms with Crippen molar-refractivity contribution in [1.82, 2.24) is 20.7 Å². The van der Waals surface area contributed by atoms with Gasteiger partial charge in [0.15, 0.2) is 5.96 Å². The summed E-state index contributed by atoms with van der Waals surface area (Å²) in [5.74, 6) is 1.74. The number of nitrogens with one attached hydrogen (secondary N) is 2. The summed E-state index contributed by atoms with van der Waals surface area (Å²) in [6.07, 6.45) is 1.69. The number of aryl methyl sites for hydroxylation is 2. The summed E-state index contributed by atoms with van der Waals surface area (Å²) in [5.41, 5.74) is 3.40. The summed E-state index contributed by atoms with van der Waals surface area (Å²) in [5, 5.41) is 11.0. The molecule has 0 saturated carbocycles. The molecule has 0 fully saturated rings. The highest BCUT2D eigenvalue weighted by atomic mass is 16.5. The van der Waals surface area contributed by atoms with Gasteiger partial charge in [-0.2, -0.15) is 0 Å². The van der Waals surface area contributed by atoms with E-state index in [0.717, 1.165) is 48.9 Å². The van der Waals surface area contributed by atoms with E-state index in [2.05, 4.69) is 79.8 Å². The van der Waals surface area contributed by atoms with Gasteiger partial charge in [0.2, 0.25) is 0 Å². The second kappa shape index (κ2) is 10.7. The van der Waals surface area contributed by atoms with Crippen molar-refractivity contribution in [2.75, 3.05) is 27.2 Å². The standard InChI is InChI=1S/C21H33N5O/c1-6-18-17(20(7-2)27-25-18)14-23-21(22-8-3)24-15-19(26(4)5)16-12-10-9-11-13-16/h9-13,19H,6-8,14-15H2,1-5H3,(H2,22,23,24). The van der Waals surface area contributed by atoms with Gasteiger partial charge in [0.1, 0.15) is 5.76 Å². The lowest BCUT2D eigenvalue weighted by Crippen LogP contribution is -2.41. The Balaban J connectivity index is 2.10. The molecule has 27 heavy (non-hydrogen) atoms. The minimum absolute atomic E-state index is 0.267. The largest absolute Gasteiger partial charge is 0.361 e. The fraction of sp³-hybridized carbons (Fsp3) is 0.524. The minimum atomic E-state index is 0.267. The van der Waals surface area contributed by atoms with Gasteiger partial charge in [0, 0.05) is 25.1 Å². The second-order valence-electron chi connectivity index (χ2n) is 6.70. The molecule has 1 unspecified atom stereocenters. The van der Waals surface area contributed by atoms with Crippen LogP contribution in [0.1, 0.15) is 49.4 Å². The number of likely N-dealkylation sites (N-methyl/N-ethyl adjacent to an activating group) is 1. The van der Waals surface area contributed by atoms with E-state index in [-0.39, 0.29) is 6.04 Å². The summed E-state index contributed by atoms with van der Waals surface area (Å²) in [6.45, 7) is 8.41. The zero-order chi connectivity index (χ0) is 19.6. The maximum absolute atomic E-state index is 5.45. The lowest BCUT2D eigenvalue weighted by Gasteiger charge is -2.26. The molecule has 6 nitrogen and oxygen atoms in total. The maximum atomic E-state index is 5.45. The zero-order valence-electron chi connectivity index (χ0n) is 17.2. The molecular weight excluding hydrogens is 338 g/mol. The Bertz CT molecular complexity index is 687. The van der Waals surface area contributed by atoms with Crippen LogP contribution in [0.4, 0.5) is 0 Å². The fourth-order valence-corrected chi connectivity index (χ4v) is 3.08. The van der Waals surface area contributed by atoms with Gasteiger partial charge in [-0.05, 0) is 33.0 Å².